The average Bonchev–Trinajstić information content (AvgIpc) is 2.54. The van der Waals surface area contributed by atoms with E-state index in [1.165, 1.54) is 0 Å². The van der Waals surface area contributed by atoms with Crippen molar-refractivity contribution in [3.8, 4) is 16.9 Å². The van der Waals surface area contributed by atoms with Crippen LogP contribution in [0.5, 0.6) is 5.75 Å². The molecule has 0 aliphatic carbocycles. The fourth-order valence-electron chi connectivity index (χ4n) is 1.96. The smallest absolute Gasteiger partial charge is 0.344 e. The molecule has 3 nitrogen and oxygen atoms in total. The molecule has 0 saturated heterocycles. The monoisotopic (exact) mass is 284 g/mol. The first kappa shape index (κ1) is 15.1. The van der Waals surface area contributed by atoms with Gasteiger partial charge in [-0.3, -0.25) is 0 Å². The number of carbonyl (C=O) groups excluding carboxylic acids is 1. The number of benzene rings is 2. The fourth-order valence-corrected chi connectivity index (χ4v) is 1.96. The number of unbranched alkanes of at least 4 members (excludes halogenated alkanes) is 1. The van der Waals surface area contributed by atoms with Crippen LogP contribution in [0.2, 0.25) is 0 Å². The van der Waals surface area contributed by atoms with Crippen LogP contribution >= 0.6 is 0 Å². The second-order valence-electron chi connectivity index (χ2n) is 4.72. The molecule has 0 saturated carbocycles. The molecule has 0 N–H and O–H groups in total. The highest BCUT2D eigenvalue weighted by Crippen LogP contribution is 2.29. The van der Waals surface area contributed by atoms with Gasteiger partial charge < -0.3 is 9.47 Å². The summed E-state index contributed by atoms with van der Waals surface area (Å²) in [7, 11) is 0. The maximum Gasteiger partial charge on any atom is 0.344 e. The number of hydrogen-bond donors (Lipinski definition) is 0. The minimum atomic E-state index is -0.327. The molecule has 0 heterocycles. The lowest BCUT2D eigenvalue weighted by Gasteiger charge is -2.11. The molecule has 2 aromatic rings. The molecule has 0 fully saturated rings. The van der Waals surface area contributed by atoms with Crippen molar-refractivity contribution in [2.45, 2.75) is 19.8 Å². The second kappa shape index (κ2) is 8.10. The lowest BCUT2D eigenvalue weighted by atomic mass is 10.1. The third-order valence-electron chi connectivity index (χ3n) is 3.08. The SMILES string of the molecule is CCCCOC(=O)COc1ccccc1-c1ccccc1. The van der Waals surface area contributed by atoms with Crippen molar-refractivity contribution in [1.29, 1.82) is 0 Å². The Morgan fingerprint density at radius 2 is 1.71 bits per heavy atom. The van der Waals surface area contributed by atoms with Gasteiger partial charge in [-0.2, -0.15) is 0 Å². The third kappa shape index (κ3) is 4.63. The van der Waals surface area contributed by atoms with Gasteiger partial charge in [0.1, 0.15) is 5.75 Å². The minimum absolute atomic E-state index is 0.0619. The molecule has 0 aliphatic heterocycles. The molecular formula is C18H20O3. The quantitative estimate of drug-likeness (QED) is 0.568. The van der Waals surface area contributed by atoms with Gasteiger partial charge in [-0.05, 0) is 18.1 Å². The van der Waals surface area contributed by atoms with E-state index in [9.17, 15) is 4.79 Å². The van der Waals surface area contributed by atoms with Gasteiger partial charge in [0.25, 0.3) is 0 Å². The van der Waals surface area contributed by atoms with Crippen LogP contribution in [0.25, 0.3) is 11.1 Å². The van der Waals surface area contributed by atoms with Gasteiger partial charge in [-0.15, -0.1) is 0 Å². The van der Waals surface area contributed by atoms with E-state index in [-0.39, 0.29) is 12.6 Å². The number of para-hydroxylation sites is 1. The number of carbonyl (C=O) groups is 1. The zero-order valence-corrected chi connectivity index (χ0v) is 12.2. The summed E-state index contributed by atoms with van der Waals surface area (Å²) in [6.45, 7) is 2.45. The summed E-state index contributed by atoms with van der Waals surface area (Å²) in [5.41, 5.74) is 2.03. The highest BCUT2D eigenvalue weighted by molar-refractivity contribution is 5.73. The van der Waals surface area contributed by atoms with Crippen molar-refractivity contribution in [2.75, 3.05) is 13.2 Å². The zero-order valence-electron chi connectivity index (χ0n) is 12.2. The molecule has 2 rings (SSSR count). The molecule has 0 atom stereocenters. The van der Waals surface area contributed by atoms with Crippen LogP contribution in [-0.4, -0.2) is 19.2 Å². The van der Waals surface area contributed by atoms with Crippen molar-refractivity contribution in [3.05, 3.63) is 54.6 Å². The van der Waals surface area contributed by atoms with E-state index in [1.807, 2.05) is 54.6 Å². The number of rotatable bonds is 7. The van der Waals surface area contributed by atoms with Crippen LogP contribution in [0.15, 0.2) is 54.6 Å². The molecule has 0 unspecified atom stereocenters. The molecule has 21 heavy (non-hydrogen) atoms. The Hall–Kier alpha value is -2.29. The normalized spacial score (nSPS) is 10.1. The lowest BCUT2D eigenvalue weighted by Crippen LogP contribution is -2.15. The lowest BCUT2D eigenvalue weighted by molar-refractivity contribution is -0.146. The number of ether oxygens (including phenoxy) is 2. The van der Waals surface area contributed by atoms with Gasteiger partial charge in [0.2, 0.25) is 0 Å². The van der Waals surface area contributed by atoms with Crippen LogP contribution in [0.3, 0.4) is 0 Å². The summed E-state index contributed by atoms with van der Waals surface area (Å²) >= 11 is 0. The summed E-state index contributed by atoms with van der Waals surface area (Å²) in [5, 5.41) is 0. The maximum absolute atomic E-state index is 11.6. The molecule has 0 aliphatic rings. The maximum atomic E-state index is 11.6. The Labute approximate surface area is 125 Å². The Kier molecular flexibility index (Phi) is 5.83. The van der Waals surface area contributed by atoms with Crippen molar-refractivity contribution in [3.63, 3.8) is 0 Å². The summed E-state index contributed by atoms with van der Waals surface area (Å²) < 4.78 is 10.7. The van der Waals surface area contributed by atoms with Crippen LogP contribution in [0.1, 0.15) is 19.8 Å². The average molecular weight is 284 g/mol. The van der Waals surface area contributed by atoms with Gasteiger partial charge in [0.05, 0.1) is 6.61 Å². The molecule has 110 valence electrons. The van der Waals surface area contributed by atoms with Gasteiger partial charge in [0, 0.05) is 5.56 Å². The van der Waals surface area contributed by atoms with E-state index in [4.69, 9.17) is 9.47 Å². The predicted octanol–water partition coefficient (Wildman–Crippen LogP) is 4.08. The predicted molar refractivity (Wildman–Crippen MR) is 83.2 cm³/mol. The Balaban J connectivity index is 1.99. The van der Waals surface area contributed by atoms with Gasteiger partial charge in [-0.25, -0.2) is 4.79 Å². The summed E-state index contributed by atoms with van der Waals surface area (Å²) in [6.07, 6.45) is 1.89. The van der Waals surface area contributed by atoms with Crippen molar-refractivity contribution in [1.82, 2.24) is 0 Å². The largest absolute Gasteiger partial charge is 0.481 e. The topological polar surface area (TPSA) is 35.5 Å². The molecule has 0 bridgehead atoms. The van der Waals surface area contributed by atoms with Gasteiger partial charge in [-0.1, -0.05) is 61.9 Å². The van der Waals surface area contributed by atoms with E-state index < -0.39 is 0 Å². The summed E-state index contributed by atoms with van der Waals surface area (Å²) in [6, 6.07) is 17.6. The van der Waals surface area contributed by atoms with Gasteiger partial charge >= 0.3 is 5.97 Å². The molecule has 3 heteroatoms. The Morgan fingerprint density at radius 1 is 1.00 bits per heavy atom. The van der Waals surface area contributed by atoms with Gasteiger partial charge in [0.15, 0.2) is 6.61 Å². The van der Waals surface area contributed by atoms with Crippen molar-refractivity contribution < 1.29 is 14.3 Å². The molecule has 0 amide bonds. The Bertz CT molecular complexity index is 564. The first-order valence-corrected chi connectivity index (χ1v) is 7.24. The van der Waals surface area contributed by atoms with Crippen molar-refractivity contribution in [2.24, 2.45) is 0 Å². The first-order valence-electron chi connectivity index (χ1n) is 7.24. The van der Waals surface area contributed by atoms with Crippen LogP contribution in [0.4, 0.5) is 0 Å². The number of hydrogen-bond acceptors (Lipinski definition) is 3. The standard InChI is InChI=1S/C18H20O3/c1-2-3-13-20-18(19)14-21-17-12-8-7-11-16(17)15-9-5-4-6-10-15/h4-12H,2-3,13-14H2,1H3. The van der Waals surface area contributed by atoms with Crippen LogP contribution < -0.4 is 4.74 Å². The van der Waals surface area contributed by atoms with Crippen LogP contribution in [0, 0.1) is 0 Å². The Morgan fingerprint density at radius 3 is 2.48 bits per heavy atom. The minimum Gasteiger partial charge on any atom is -0.481 e. The highest BCUT2D eigenvalue weighted by atomic mass is 16.6. The van der Waals surface area contributed by atoms with E-state index in [1.54, 1.807) is 0 Å². The molecular weight excluding hydrogens is 264 g/mol. The number of esters is 1. The van der Waals surface area contributed by atoms with Crippen LogP contribution in [-0.2, 0) is 9.53 Å². The van der Waals surface area contributed by atoms with Crippen molar-refractivity contribution >= 4 is 5.97 Å². The molecule has 0 spiro atoms. The first-order chi connectivity index (χ1) is 10.3. The fraction of sp³-hybridized carbons (Fsp3) is 0.278. The van der Waals surface area contributed by atoms with E-state index >= 15 is 0 Å². The van der Waals surface area contributed by atoms with E-state index in [0.717, 1.165) is 24.0 Å². The highest BCUT2D eigenvalue weighted by Gasteiger charge is 2.08. The molecule has 2 aromatic carbocycles. The second-order valence-corrected chi connectivity index (χ2v) is 4.72. The molecule has 0 aromatic heterocycles. The third-order valence-corrected chi connectivity index (χ3v) is 3.08. The van der Waals surface area contributed by atoms with E-state index in [0.29, 0.717) is 12.4 Å². The molecule has 0 radical (unpaired) electrons. The zero-order chi connectivity index (χ0) is 14.9. The van der Waals surface area contributed by atoms with E-state index in [2.05, 4.69) is 6.92 Å². The summed E-state index contributed by atoms with van der Waals surface area (Å²) in [4.78, 5) is 11.6. The summed E-state index contributed by atoms with van der Waals surface area (Å²) in [5.74, 6) is 0.363.